The Morgan fingerprint density at radius 1 is 0.456 bits per heavy atom. The molecule has 5 nitrogen and oxygen atoms in total. The summed E-state index contributed by atoms with van der Waals surface area (Å²) in [5, 5.41) is 4.33. The summed E-state index contributed by atoms with van der Waals surface area (Å²) in [5.74, 6) is 0.802. The van der Waals surface area contributed by atoms with E-state index in [0.717, 1.165) is 71.9 Å². The van der Waals surface area contributed by atoms with E-state index in [4.69, 9.17) is 24.8 Å². The Kier molecular flexibility index (Phi) is 11.6. The quantitative estimate of drug-likeness (QED) is 0.112. The molecule has 7 heteroatoms. The summed E-state index contributed by atoms with van der Waals surface area (Å²) < 4.78 is 123. The van der Waals surface area contributed by atoms with Crippen LogP contribution in [0.1, 0.15) is 129 Å². The average Bonchev–Trinajstić information content (AvgIpc) is 1.54. The third kappa shape index (κ3) is 10.3. The average molecular weight is 1380 g/mol. The van der Waals surface area contributed by atoms with Crippen LogP contribution in [0.25, 0.3) is 44.5 Å². The van der Waals surface area contributed by atoms with Crippen LogP contribution in [0.15, 0.2) is 224 Å². The summed E-state index contributed by atoms with van der Waals surface area (Å²) in [6.45, 7) is 25.5. The zero-order valence-corrected chi connectivity index (χ0v) is 56.0. The molecule has 0 unspecified atom stereocenters. The number of rotatable bonds is 8. The number of para-hydroxylation sites is 4. The van der Waals surface area contributed by atoms with Crippen molar-refractivity contribution < 1.29 is 43.6 Å². The molecule has 1 spiro atoms. The topological polar surface area (TPSA) is 31.8 Å². The van der Waals surface area contributed by atoms with E-state index in [1.54, 1.807) is 0 Å². The van der Waals surface area contributed by atoms with Crippen molar-refractivity contribution in [2.45, 2.75) is 112 Å². The number of hydrogen-bond donors (Lipinski definition) is 0. The molecular formula is C83H77N4OPtSi-3. The van der Waals surface area contributed by atoms with Crippen LogP contribution < -0.4 is 40.2 Å². The van der Waals surface area contributed by atoms with Gasteiger partial charge in [-0.2, -0.15) is 12.1 Å². The van der Waals surface area contributed by atoms with Crippen molar-refractivity contribution in [1.29, 1.82) is 0 Å². The molecule has 0 radical (unpaired) electrons. The fourth-order valence-corrected chi connectivity index (χ4v) is 18.5. The van der Waals surface area contributed by atoms with E-state index < -0.39 is 63.3 Å². The van der Waals surface area contributed by atoms with Crippen molar-refractivity contribution in [3.8, 4) is 56.0 Å². The molecule has 0 saturated heterocycles. The molecule has 3 aliphatic rings. The number of aryl methyl sites for hydroxylation is 1. The largest absolute Gasteiger partial charge is 0.509 e. The number of anilines is 7. The fourth-order valence-electron chi connectivity index (χ4n) is 13.0. The predicted octanol–water partition coefficient (Wildman–Crippen LogP) is 19.5. The molecule has 90 heavy (non-hydrogen) atoms. The molecule has 3 aliphatic heterocycles. The maximum atomic E-state index is 9.39. The number of pyridine rings is 1. The molecule has 4 heterocycles. The van der Waals surface area contributed by atoms with E-state index in [2.05, 4.69) is 162 Å². The van der Waals surface area contributed by atoms with Gasteiger partial charge in [0, 0.05) is 82.3 Å². The molecule has 0 N–H and O–H groups in total. The molecule has 0 fully saturated rings. The standard InChI is InChI=1S/C83H77N4OSi.Pt/c1-54-44-78(84-52-69(54)56-28-18-15-19-29-56)87-72-36-22-23-37-74(72)89(76-48-58(80(2,3)4)38-41-67(76)68-42-39-59(49-77(68)89)81(5,6)7)75-43-40-64(51-73(75)87)88-63-31-24-30-62(50-63)85-53-86(71-35-21-20-34-70(71)85)79-65(55-26-16-14-17-27-55)32-25-33-66(79)57-45-60(82(8,9)10)47-61(46-57)83(11,12)13;/h14-49,52-53H,1-13H3;/q-3;/i1D3,14D,15D,16D,17D,18D,19D,26D,27D,28D,29D;. The molecule has 10 aromatic carbocycles. The van der Waals surface area contributed by atoms with E-state index in [1.165, 1.54) is 22.6 Å². The van der Waals surface area contributed by atoms with Gasteiger partial charge in [-0.3, -0.25) is 0 Å². The maximum absolute atomic E-state index is 9.39. The second kappa shape index (κ2) is 22.4. The minimum atomic E-state index is -3.49. The van der Waals surface area contributed by atoms with E-state index in [0.29, 0.717) is 34.1 Å². The summed E-state index contributed by atoms with van der Waals surface area (Å²) in [6.07, 6.45) is 1.30. The molecule has 0 atom stereocenters. The maximum Gasteiger partial charge on any atom is 0.135 e. The van der Waals surface area contributed by atoms with Gasteiger partial charge in [0.15, 0.2) is 0 Å². The Bertz CT molecular complexity index is 5190. The van der Waals surface area contributed by atoms with Crippen molar-refractivity contribution in [1.82, 2.24) is 4.98 Å². The number of nitrogens with zero attached hydrogens (tertiary/aromatic N) is 4. The van der Waals surface area contributed by atoms with Gasteiger partial charge in [0.1, 0.15) is 13.9 Å². The van der Waals surface area contributed by atoms with E-state index in [-0.39, 0.29) is 82.9 Å². The molecule has 452 valence electrons. The van der Waals surface area contributed by atoms with E-state index in [1.807, 2.05) is 106 Å². The van der Waals surface area contributed by atoms with Gasteiger partial charge in [-0.1, -0.05) is 252 Å². The van der Waals surface area contributed by atoms with Gasteiger partial charge in [0.25, 0.3) is 0 Å². The van der Waals surface area contributed by atoms with Crippen LogP contribution in [0.2, 0.25) is 0 Å². The number of ether oxygens (including phenoxy) is 1. The van der Waals surface area contributed by atoms with Crippen LogP contribution in [-0.2, 0) is 42.7 Å². The third-order valence-corrected chi connectivity index (χ3v) is 22.6. The van der Waals surface area contributed by atoms with Crippen LogP contribution in [-0.4, -0.2) is 13.1 Å². The third-order valence-electron chi connectivity index (χ3n) is 17.7. The number of hydrogen-bond acceptors (Lipinski definition) is 5. The minimum Gasteiger partial charge on any atom is -0.509 e. The van der Waals surface area contributed by atoms with Crippen LogP contribution in [0.4, 0.5) is 39.9 Å². The molecule has 11 aromatic rings. The zero-order valence-electron chi connectivity index (χ0n) is 65.7. The van der Waals surface area contributed by atoms with Crippen molar-refractivity contribution >= 4 is 68.8 Å². The molecule has 14 rings (SSSR count). The monoisotopic (exact) mass is 1380 g/mol. The van der Waals surface area contributed by atoms with Crippen molar-refractivity contribution in [3.63, 3.8) is 0 Å². The summed E-state index contributed by atoms with van der Waals surface area (Å²) in [4.78, 5) is 11.0. The molecule has 0 amide bonds. The van der Waals surface area contributed by atoms with Crippen molar-refractivity contribution in [3.05, 3.63) is 271 Å². The van der Waals surface area contributed by atoms with Gasteiger partial charge >= 0.3 is 0 Å². The first kappa shape index (κ1) is 46.5. The smallest absolute Gasteiger partial charge is 0.135 e. The fraction of sp³-hybridized carbons (Fsp3) is 0.205. The number of benzene rings is 10. The second-order valence-corrected chi connectivity index (χ2v) is 31.3. The Balaban J connectivity index is 0.00000945. The number of fused-ring (bicyclic) bond motifs is 10. The van der Waals surface area contributed by atoms with Gasteiger partial charge in [-0.15, -0.1) is 47.9 Å². The van der Waals surface area contributed by atoms with Gasteiger partial charge in [0.05, 0.1) is 13.7 Å². The predicted molar refractivity (Wildman–Crippen MR) is 377 cm³/mol. The van der Waals surface area contributed by atoms with Crippen LogP contribution in [0, 0.1) is 25.7 Å². The first-order chi connectivity index (χ1) is 47.9. The van der Waals surface area contributed by atoms with Gasteiger partial charge < -0.3 is 19.4 Å². The second-order valence-electron chi connectivity index (χ2n) is 27.6. The molecule has 0 saturated carbocycles. The summed E-state index contributed by atoms with van der Waals surface area (Å²) in [7, 11) is -3.49. The summed E-state index contributed by atoms with van der Waals surface area (Å²) in [6, 6.07) is 55.8. The van der Waals surface area contributed by atoms with Crippen LogP contribution >= 0.6 is 0 Å². The van der Waals surface area contributed by atoms with Crippen molar-refractivity contribution in [2.75, 3.05) is 14.7 Å². The number of aromatic nitrogens is 1. The van der Waals surface area contributed by atoms with Crippen LogP contribution in [0.3, 0.4) is 0 Å². The van der Waals surface area contributed by atoms with Gasteiger partial charge in [-0.25, -0.2) is 4.98 Å². The van der Waals surface area contributed by atoms with Gasteiger partial charge in [0.2, 0.25) is 0 Å². The Morgan fingerprint density at radius 2 is 0.989 bits per heavy atom. The van der Waals surface area contributed by atoms with Crippen LogP contribution in [0.5, 0.6) is 11.5 Å². The first-order valence-corrected chi connectivity index (χ1v) is 32.3. The molecule has 0 aliphatic carbocycles. The Hall–Kier alpha value is -8.54. The molecule has 1 aromatic heterocycles. The van der Waals surface area contributed by atoms with E-state index in [9.17, 15) is 2.74 Å². The van der Waals surface area contributed by atoms with Gasteiger partial charge in [-0.05, 0) is 124 Å². The molecule has 0 bridgehead atoms. The normalized spacial score (nSPS) is 16.1. The zero-order chi connectivity index (χ0) is 73.1. The first-order valence-electron chi connectivity index (χ1n) is 36.8. The minimum absolute atomic E-state index is 0. The SMILES string of the molecule is [2H]c1c([2H])c([2H])c(-c2cnc(N3c4[c-]c(Oc5[c-]c(N6[CH-]N(c7c(-c8cc(C(C)(C)C)cc(C(C)(C)C)c8)cccc7-c7c([2H])c([2H])c([2H])c([2H])c7[2H])c7ccccc76)ccc5)ccc4[Si]4(c5cc(C(C)(C)C)ccc5-c5ccc(C(C)(C)C)cc54)c4ccccc43)cc2C([2H])([2H])[2H])c([2H])c1[2H].[Pt]. The molecular weight excluding hydrogens is 1290 g/mol. The Morgan fingerprint density at radius 3 is 1.58 bits per heavy atom. The Labute approximate surface area is 567 Å². The van der Waals surface area contributed by atoms with E-state index >= 15 is 0 Å². The summed E-state index contributed by atoms with van der Waals surface area (Å²) >= 11 is 0. The summed E-state index contributed by atoms with van der Waals surface area (Å²) in [5.41, 5.74) is 11.3. The van der Waals surface area contributed by atoms with Crippen molar-refractivity contribution in [2.24, 2.45) is 0 Å².